The molecule has 0 N–H and O–H groups in total. The van der Waals surface area contributed by atoms with E-state index in [0.29, 0.717) is 6.61 Å². The van der Waals surface area contributed by atoms with Crippen LogP contribution in [0.1, 0.15) is 12.0 Å². The van der Waals surface area contributed by atoms with Gasteiger partial charge in [-0.25, -0.2) is 4.79 Å². The van der Waals surface area contributed by atoms with Crippen molar-refractivity contribution in [1.29, 1.82) is 0 Å². The summed E-state index contributed by atoms with van der Waals surface area (Å²) in [5.74, 6) is -0.359. The number of allylic oxidation sites excluding steroid dienone is 3. The molecule has 0 bridgehead atoms. The zero-order chi connectivity index (χ0) is 17.4. The Morgan fingerprint density at radius 1 is 1.25 bits per heavy atom. The SMILES string of the molecule is C=CC(=O)OCC[N+](C)(C)CC1=CCC(=Cc2ccccc2)C=C1. The van der Waals surface area contributed by atoms with E-state index >= 15 is 0 Å². The predicted molar refractivity (Wildman–Crippen MR) is 99.3 cm³/mol. The van der Waals surface area contributed by atoms with Gasteiger partial charge in [0.2, 0.25) is 0 Å². The van der Waals surface area contributed by atoms with Crippen LogP contribution in [0.3, 0.4) is 0 Å². The van der Waals surface area contributed by atoms with Gasteiger partial charge < -0.3 is 9.22 Å². The van der Waals surface area contributed by atoms with E-state index in [-0.39, 0.29) is 5.97 Å². The maximum Gasteiger partial charge on any atom is 0.330 e. The Kier molecular flexibility index (Phi) is 6.33. The summed E-state index contributed by atoms with van der Waals surface area (Å²) in [5.41, 5.74) is 3.87. The Hall–Kier alpha value is -2.39. The van der Waals surface area contributed by atoms with E-state index in [1.807, 2.05) is 6.07 Å². The summed E-state index contributed by atoms with van der Waals surface area (Å²) in [6.07, 6.45) is 11.0. The fourth-order valence-corrected chi connectivity index (χ4v) is 2.61. The molecule has 2 rings (SSSR count). The first-order valence-corrected chi connectivity index (χ1v) is 8.22. The standard InChI is InChI=1S/C21H26NO2/c1-4-21(23)24-15-14-22(2,3)17-20-12-10-19(11-13-20)16-18-8-6-5-7-9-18/h4-10,12-13,16H,1,11,14-15,17H2,2-3H3/q+1. The number of ether oxygens (including phenoxy) is 1. The first kappa shape index (κ1) is 18.0. The van der Waals surface area contributed by atoms with Gasteiger partial charge in [0.05, 0.1) is 14.1 Å². The number of nitrogens with zero attached hydrogens (tertiary/aromatic N) is 1. The second-order valence-electron chi connectivity index (χ2n) is 6.64. The van der Waals surface area contributed by atoms with Gasteiger partial charge in [-0.2, -0.15) is 0 Å². The number of rotatable bonds is 7. The molecule has 1 aliphatic rings. The molecule has 0 radical (unpaired) electrons. The van der Waals surface area contributed by atoms with Crippen LogP contribution in [0, 0.1) is 0 Å². The molecule has 1 aromatic rings. The highest BCUT2D eigenvalue weighted by Gasteiger charge is 2.18. The van der Waals surface area contributed by atoms with E-state index in [2.05, 4.69) is 69.2 Å². The molecule has 24 heavy (non-hydrogen) atoms. The molecule has 0 saturated carbocycles. The number of likely N-dealkylation sites (N-methyl/N-ethyl adjacent to an activating group) is 1. The van der Waals surface area contributed by atoms with Gasteiger partial charge in [-0.05, 0) is 17.6 Å². The lowest BCUT2D eigenvalue weighted by molar-refractivity contribution is -0.885. The molecular weight excluding hydrogens is 298 g/mol. The molecule has 126 valence electrons. The third kappa shape index (κ3) is 6.01. The summed E-state index contributed by atoms with van der Waals surface area (Å²) < 4.78 is 5.86. The molecule has 0 amide bonds. The monoisotopic (exact) mass is 324 g/mol. The highest BCUT2D eigenvalue weighted by Crippen LogP contribution is 2.20. The number of hydrogen-bond donors (Lipinski definition) is 0. The van der Waals surface area contributed by atoms with Crippen molar-refractivity contribution in [2.24, 2.45) is 0 Å². The quantitative estimate of drug-likeness (QED) is 0.434. The van der Waals surface area contributed by atoms with Crippen molar-refractivity contribution in [3.8, 4) is 0 Å². The molecule has 0 fully saturated rings. The van der Waals surface area contributed by atoms with Crippen LogP contribution in [0.5, 0.6) is 0 Å². The summed E-state index contributed by atoms with van der Waals surface area (Å²) >= 11 is 0. The Bertz CT molecular complexity index is 666. The van der Waals surface area contributed by atoms with Gasteiger partial charge in [0.15, 0.2) is 0 Å². The molecule has 0 aromatic heterocycles. The first-order valence-electron chi connectivity index (χ1n) is 8.22. The van der Waals surface area contributed by atoms with Crippen molar-refractivity contribution in [3.05, 3.63) is 77.9 Å². The maximum atomic E-state index is 11.1. The molecule has 1 aromatic carbocycles. The van der Waals surface area contributed by atoms with Crippen LogP contribution < -0.4 is 0 Å². The topological polar surface area (TPSA) is 26.3 Å². The first-order chi connectivity index (χ1) is 11.5. The predicted octanol–water partition coefficient (Wildman–Crippen LogP) is 3.76. The summed E-state index contributed by atoms with van der Waals surface area (Å²) in [4.78, 5) is 11.1. The number of esters is 1. The third-order valence-corrected chi connectivity index (χ3v) is 3.98. The molecule has 0 heterocycles. The van der Waals surface area contributed by atoms with Gasteiger partial charge in [-0.3, -0.25) is 0 Å². The lowest BCUT2D eigenvalue weighted by Gasteiger charge is -2.30. The number of quaternary nitrogens is 1. The van der Waals surface area contributed by atoms with Crippen LogP contribution in [0.25, 0.3) is 6.08 Å². The summed E-state index contributed by atoms with van der Waals surface area (Å²) in [6.45, 7) is 5.51. The van der Waals surface area contributed by atoms with E-state index < -0.39 is 0 Å². The van der Waals surface area contributed by atoms with Crippen LogP contribution in [-0.4, -0.2) is 44.2 Å². The molecule has 0 unspecified atom stereocenters. The molecular formula is C21H26NO2+. The minimum atomic E-state index is -0.359. The zero-order valence-corrected chi connectivity index (χ0v) is 14.6. The fraction of sp³-hybridized carbons (Fsp3) is 0.286. The van der Waals surface area contributed by atoms with Gasteiger partial charge in [-0.15, -0.1) is 0 Å². The van der Waals surface area contributed by atoms with Crippen molar-refractivity contribution in [2.75, 3.05) is 33.8 Å². The minimum Gasteiger partial charge on any atom is -0.457 e. The van der Waals surface area contributed by atoms with Crippen molar-refractivity contribution in [3.63, 3.8) is 0 Å². The molecule has 3 nitrogen and oxygen atoms in total. The molecule has 0 saturated heterocycles. The lowest BCUT2D eigenvalue weighted by atomic mass is 9.99. The number of carbonyl (C=O) groups is 1. The largest absolute Gasteiger partial charge is 0.457 e. The smallest absolute Gasteiger partial charge is 0.330 e. The van der Waals surface area contributed by atoms with E-state index in [1.165, 1.54) is 22.8 Å². The fourth-order valence-electron chi connectivity index (χ4n) is 2.61. The molecule has 0 spiro atoms. The second-order valence-corrected chi connectivity index (χ2v) is 6.64. The van der Waals surface area contributed by atoms with Crippen LogP contribution >= 0.6 is 0 Å². The summed E-state index contributed by atoms with van der Waals surface area (Å²) in [6, 6.07) is 10.4. The van der Waals surface area contributed by atoms with Crippen molar-refractivity contribution >= 4 is 12.0 Å². The molecule has 1 aliphatic carbocycles. The Morgan fingerprint density at radius 2 is 2.00 bits per heavy atom. The highest BCUT2D eigenvalue weighted by atomic mass is 16.5. The van der Waals surface area contributed by atoms with Gasteiger partial charge in [0, 0.05) is 11.6 Å². The molecule has 0 atom stereocenters. The summed E-state index contributed by atoms with van der Waals surface area (Å²) in [7, 11) is 4.29. The zero-order valence-electron chi connectivity index (χ0n) is 14.6. The Morgan fingerprint density at radius 3 is 2.62 bits per heavy atom. The minimum absolute atomic E-state index is 0.359. The Labute approximate surface area is 144 Å². The van der Waals surface area contributed by atoms with Crippen LogP contribution in [-0.2, 0) is 9.53 Å². The molecule has 0 aliphatic heterocycles. The van der Waals surface area contributed by atoms with E-state index in [0.717, 1.165) is 24.0 Å². The van der Waals surface area contributed by atoms with E-state index in [9.17, 15) is 4.79 Å². The lowest BCUT2D eigenvalue weighted by Crippen LogP contribution is -2.43. The third-order valence-electron chi connectivity index (χ3n) is 3.98. The van der Waals surface area contributed by atoms with Gasteiger partial charge >= 0.3 is 5.97 Å². The second kappa shape index (κ2) is 8.46. The van der Waals surface area contributed by atoms with Gasteiger partial charge in [0.1, 0.15) is 19.7 Å². The Balaban J connectivity index is 1.86. The number of benzene rings is 1. The average Bonchev–Trinajstić information content (AvgIpc) is 2.57. The van der Waals surface area contributed by atoms with Crippen LogP contribution in [0.4, 0.5) is 0 Å². The number of carbonyl (C=O) groups excluding carboxylic acids is 1. The van der Waals surface area contributed by atoms with Crippen LogP contribution in [0.15, 0.2) is 72.4 Å². The van der Waals surface area contributed by atoms with E-state index in [1.54, 1.807) is 0 Å². The van der Waals surface area contributed by atoms with Crippen molar-refractivity contribution in [1.82, 2.24) is 0 Å². The van der Waals surface area contributed by atoms with Gasteiger partial charge in [0.25, 0.3) is 0 Å². The summed E-state index contributed by atoms with van der Waals surface area (Å²) in [5, 5.41) is 0. The normalized spacial score (nSPS) is 15.9. The van der Waals surface area contributed by atoms with Crippen molar-refractivity contribution in [2.45, 2.75) is 6.42 Å². The van der Waals surface area contributed by atoms with E-state index in [4.69, 9.17) is 4.74 Å². The van der Waals surface area contributed by atoms with Crippen molar-refractivity contribution < 1.29 is 14.0 Å². The van der Waals surface area contributed by atoms with Crippen LogP contribution in [0.2, 0.25) is 0 Å². The highest BCUT2D eigenvalue weighted by molar-refractivity contribution is 5.81. The van der Waals surface area contributed by atoms with Gasteiger partial charge in [-0.1, -0.05) is 61.2 Å². The molecule has 3 heteroatoms. The maximum absolute atomic E-state index is 11.1. The average molecular weight is 324 g/mol. The number of hydrogen-bond acceptors (Lipinski definition) is 2.